The molecular weight excluding hydrogens is 130 g/mol. The van der Waals surface area contributed by atoms with Crippen molar-refractivity contribution < 1.29 is 9.90 Å². The van der Waals surface area contributed by atoms with Crippen LogP contribution in [0.15, 0.2) is 12.7 Å². The van der Waals surface area contributed by atoms with Crippen molar-refractivity contribution in [3.63, 3.8) is 0 Å². The van der Waals surface area contributed by atoms with Gasteiger partial charge in [-0.15, -0.1) is 0 Å². The summed E-state index contributed by atoms with van der Waals surface area (Å²) in [5.41, 5.74) is 0. The van der Waals surface area contributed by atoms with Crippen molar-refractivity contribution in [3.8, 4) is 0 Å². The number of rotatable bonds is 4. The second-order valence-corrected chi connectivity index (χ2v) is 2.24. The van der Waals surface area contributed by atoms with E-state index in [1.165, 1.54) is 6.08 Å². The molecule has 0 aromatic rings. The topological polar surface area (TPSA) is 49.3 Å². The normalized spacial score (nSPS) is 12.2. The first-order valence-corrected chi connectivity index (χ1v) is 3.21. The zero-order valence-electron chi connectivity index (χ0n) is 6.13. The molecule has 0 radical (unpaired) electrons. The van der Waals surface area contributed by atoms with Gasteiger partial charge < -0.3 is 10.4 Å². The molecule has 0 aromatic carbocycles. The molecule has 0 bridgehead atoms. The van der Waals surface area contributed by atoms with Crippen LogP contribution >= 0.6 is 0 Å². The van der Waals surface area contributed by atoms with Crippen molar-refractivity contribution in [3.05, 3.63) is 12.7 Å². The van der Waals surface area contributed by atoms with E-state index in [0.29, 0.717) is 6.54 Å². The van der Waals surface area contributed by atoms with Crippen LogP contribution in [0, 0.1) is 5.92 Å². The number of aliphatic hydroxyl groups is 1. The highest BCUT2D eigenvalue weighted by molar-refractivity contribution is 5.86. The Labute approximate surface area is 60.7 Å². The van der Waals surface area contributed by atoms with Gasteiger partial charge in [-0.2, -0.15) is 0 Å². The van der Waals surface area contributed by atoms with Crippen molar-refractivity contribution in [1.29, 1.82) is 0 Å². The van der Waals surface area contributed by atoms with Gasteiger partial charge >= 0.3 is 0 Å². The zero-order valence-corrected chi connectivity index (χ0v) is 6.13. The average Bonchev–Trinajstić information content (AvgIpc) is 1.99. The van der Waals surface area contributed by atoms with Crippen LogP contribution in [0.5, 0.6) is 0 Å². The third kappa shape index (κ3) is 4.09. The number of hydrogen-bond acceptors (Lipinski definition) is 2. The lowest BCUT2D eigenvalue weighted by atomic mass is 10.2. The number of carbonyl (C=O) groups is 1. The maximum absolute atomic E-state index is 10.5. The maximum Gasteiger partial charge on any atom is 0.243 e. The number of carbonyl (C=O) groups excluding carboxylic acids is 1. The first kappa shape index (κ1) is 9.17. The monoisotopic (exact) mass is 143 g/mol. The fourth-order valence-electron chi connectivity index (χ4n) is 0.412. The Kier molecular flexibility index (Phi) is 4.58. The Bertz CT molecular complexity index is 123. The summed E-state index contributed by atoms with van der Waals surface area (Å²) in [4.78, 5) is 10.5. The fraction of sp³-hybridized carbons (Fsp3) is 0.571. The highest BCUT2D eigenvalue weighted by Crippen LogP contribution is 1.87. The summed E-state index contributed by atoms with van der Waals surface area (Å²) in [5.74, 6) is -0.0794. The lowest BCUT2D eigenvalue weighted by molar-refractivity contribution is -0.116. The first-order valence-electron chi connectivity index (χ1n) is 3.21. The standard InChI is InChI=1S/C7H13NO2/c1-3-7(10)8-4-6(2)5-9/h3,6,9H,1,4-5H2,2H3,(H,8,10). The highest BCUT2D eigenvalue weighted by Gasteiger charge is 1.99. The molecule has 58 valence electrons. The smallest absolute Gasteiger partial charge is 0.243 e. The van der Waals surface area contributed by atoms with Gasteiger partial charge in [-0.3, -0.25) is 4.79 Å². The fourth-order valence-corrected chi connectivity index (χ4v) is 0.412. The van der Waals surface area contributed by atoms with Gasteiger partial charge in [0, 0.05) is 13.2 Å². The molecule has 10 heavy (non-hydrogen) atoms. The first-order chi connectivity index (χ1) is 4.70. The Morgan fingerprint density at radius 1 is 1.90 bits per heavy atom. The minimum absolute atomic E-state index is 0.0947. The summed E-state index contributed by atoms with van der Waals surface area (Å²) in [6.07, 6.45) is 1.21. The van der Waals surface area contributed by atoms with E-state index in [2.05, 4.69) is 11.9 Å². The van der Waals surface area contributed by atoms with E-state index in [9.17, 15) is 4.79 Å². The third-order valence-corrected chi connectivity index (χ3v) is 1.12. The largest absolute Gasteiger partial charge is 0.396 e. The highest BCUT2D eigenvalue weighted by atomic mass is 16.3. The predicted molar refractivity (Wildman–Crippen MR) is 39.5 cm³/mol. The second kappa shape index (κ2) is 4.99. The Hall–Kier alpha value is -0.830. The molecule has 0 rings (SSSR count). The van der Waals surface area contributed by atoms with Gasteiger partial charge in [0.05, 0.1) is 0 Å². The molecule has 3 heteroatoms. The summed E-state index contributed by atoms with van der Waals surface area (Å²) >= 11 is 0. The summed E-state index contributed by atoms with van der Waals surface area (Å²) in [6, 6.07) is 0. The van der Waals surface area contributed by atoms with E-state index in [-0.39, 0.29) is 18.4 Å². The van der Waals surface area contributed by atoms with Gasteiger partial charge in [0.2, 0.25) is 5.91 Å². The van der Waals surface area contributed by atoms with Crippen LogP contribution in [-0.4, -0.2) is 24.2 Å². The van der Waals surface area contributed by atoms with Crippen LogP contribution < -0.4 is 5.32 Å². The SMILES string of the molecule is C=CC(=O)NCC(C)CO. The lowest BCUT2D eigenvalue weighted by Gasteiger charge is -2.06. The second-order valence-electron chi connectivity index (χ2n) is 2.24. The summed E-state index contributed by atoms with van der Waals surface area (Å²) in [5, 5.41) is 11.1. The maximum atomic E-state index is 10.5. The molecule has 0 aromatic heterocycles. The van der Waals surface area contributed by atoms with Crippen LogP contribution in [0.4, 0.5) is 0 Å². The van der Waals surface area contributed by atoms with Gasteiger partial charge in [0.15, 0.2) is 0 Å². The van der Waals surface area contributed by atoms with Crippen LogP contribution in [-0.2, 0) is 4.79 Å². The van der Waals surface area contributed by atoms with Crippen molar-refractivity contribution in [2.45, 2.75) is 6.92 Å². The number of aliphatic hydroxyl groups excluding tert-OH is 1. The molecule has 0 aliphatic rings. The Morgan fingerprint density at radius 3 is 2.90 bits per heavy atom. The van der Waals surface area contributed by atoms with Crippen LogP contribution in [0.2, 0.25) is 0 Å². The molecule has 2 N–H and O–H groups in total. The molecule has 0 aliphatic carbocycles. The molecule has 1 amide bonds. The van der Waals surface area contributed by atoms with Crippen molar-refractivity contribution in [2.75, 3.05) is 13.2 Å². The molecule has 0 fully saturated rings. The predicted octanol–water partition coefficient (Wildman–Crippen LogP) is -0.0830. The molecule has 0 aliphatic heterocycles. The number of hydrogen-bond donors (Lipinski definition) is 2. The Morgan fingerprint density at radius 2 is 2.50 bits per heavy atom. The molecular formula is C7H13NO2. The lowest BCUT2D eigenvalue weighted by Crippen LogP contribution is -2.27. The molecule has 1 atom stereocenters. The minimum Gasteiger partial charge on any atom is -0.396 e. The molecule has 3 nitrogen and oxygen atoms in total. The molecule has 0 saturated carbocycles. The summed E-state index contributed by atoms with van der Waals surface area (Å²) < 4.78 is 0. The third-order valence-electron chi connectivity index (χ3n) is 1.12. The molecule has 0 heterocycles. The number of amides is 1. The van der Waals surface area contributed by atoms with Crippen LogP contribution in [0.25, 0.3) is 0 Å². The van der Waals surface area contributed by atoms with Crippen molar-refractivity contribution in [2.24, 2.45) is 5.92 Å². The summed E-state index contributed by atoms with van der Waals surface area (Å²) in [6.45, 7) is 5.74. The van der Waals surface area contributed by atoms with Gasteiger partial charge in [-0.25, -0.2) is 0 Å². The average molecular weight is 143 g/mol. The van der Waals surface area contributed by atoms with E-state index >= 15 is 0 Å². The van der Waals surface area contributed by atoms with Crippen LogP contribution in [0.1, 0.15) is 6.92 Å². The van der Waals surface area contributed by atoms with Gasteiger partial charge in [0.25, 0.3) is 0 Å². The van der Waals surface area contributed by atoms with E-state index in [0.717, 1.165) is 0 Å². The van der Waals surface area contributed by atoms with E-state index in [4.69, 9.17) is 5.11 Å². The minimum atomic E-state index is -0.194. The summed E-state index contributed by atoms with van der Waals surface area (Å²) in [7, 11) is 0. The molecule has 0 spiro atoms. The van der Waals surface area contributed by atoms with E-state index in [1.54, 1.807) is 0 Å². The van der Waals surface area contributed by atoms with Gasteiger partial charge in [0.1, 0.15) is 0 Å². The Balaban J connectivity index is 3.34. The number of nitrogens with one attached hydrogen (secondary N) is 1. The zero-order chi connectivity index (χ0) is 7.98. The molecule has 0 saturated heterocycles. The molecule has 1 unspecified atom stereocenters. The quantitative estimate of drug-likeness (QED) is 0.541. The van der Waals surface area contributed by atoms with Gasteiger partial charge in [-0.05, 0) is 12.0 Å². The van der Waals surface area contributed by atoms with E-state index < -0.39 is 0 Å². The van der Waals surface area contributed by atoms with Crippen molar-refractivity contribution in [1.82, 2.24) is 5.32 Å². The van der Waals surface area contributed by atoms with Crippen molar-refractivity contribution >= 4 is 5.91 Å². The van der Waals surface area contributed by atoms with Crippen LogP contribution in [0.3, 0.4) is 0 Å². The van der Waals surface area contributed by atoms with E-state index in [1.807, 2.05) is 6.92 Å². The van der Waals surface area contributed by atoms with Gasteiger partial charge in [-0.1, -0.05) is 13.5 Å².